The van der Waals surface area contributed by atoms with Gasteiger partial charge in [-0.05, 0) is 18.2 Å². The Morgan fingerprint density at radius 3 is 2.40 bits per heavy atom. The number of nitrogens with zero attached hydrogens (tertiary/aromatic N) is 4. The predicted octanol–water partition coefficient (Wildman–Crippen LogP) is 3.93. The molecule has 2 saturated heterocycles. The molecule has 3 heterocycles. The lowest BCUT2D eigenvalue weighted by molar-refractivity contribution is -0.255. The molecule has 0 bridgehead atoms. The average Bonchev–Trinajstić information content (AvgIpc) is 2.93. The van der Waals surface area contributed by atoms with Crippen molar-refractivity contribution in [1.29, 1.82) is 5.26 Å². The minimum absolute atomic E-state index is 0.0737. The summed E-state index contributed by atoms with van der Waals surface area (Å²) in [6.07, 6.45) is -2.05. The lowest BCUT2D eigenvalue weighted by atomic mass is 9.84. The number of carbonyl (C=O) groups is 1. The Morgan fingerprint density at radius 2 is 1.81 bits per heavy atom. The highest BCUT2D eigenvalue weighted by atomic mass is 19.2. The number of carboxylic acids is 1. The summed E-state index contributed by atoms with van der Waals surface area (Å²) >= 11 is 0. The van der Waals surface area contributed by atoms with Crippen LogP contribution in [0.2, 0.25) is 0 Å². The summed E-state index contributed by atoms with van der Waals surface area (Å²) in [5.41, 5.74) is -5.68. The fraction of sp³-hybridized carbons (Fsp3) is 0.267. The fourth-order valence-corrected chi connectivity index (χ4v) is 5.45. The van der Waals surface area contributed by atoms with Crippen LogP contribution in [0.1, 0.15) is 22.8 Å². The number of hydrogen-bond donors (Lipinski definition) is 0. The smallest absolute Gasteiger partial charge is 0.343 e. The normalized spacial score (nSPS) is 18.2. The average molecular weight is 578 g/mol. The summed E-state index contributed by atoms with van der Waals surface area (Å²) in [6, 6.07) is 10.5. The van der Waals surface area contributed by atoms with Gasteiger partial charge in [-0.15, -0.1) is 0 Å². The molecule has 1 unspecified atom stereocenters. The number of alkyl halides is 2. The number of benzene rings is 3. The zero-order valence-corrected chi connectivity index (χ0v) is 21.9. The first-order valence-electron chi connectivity index (χ1n) is 12.8. The molecule has 42 heavy (non-hydrogen) atoms. The van der Waals surface area contributed by atoms with Gasteiger partial charge in [0, 0.05) is 52.4 Å². The van der Waals surface area contributed by atoms with Gasteiger partial charge in [0.25, 0.3) is 0 Å². The summed E-state index contributed by atoms with van der Waals surface area (Å²) in [6.45, 7) is 8.74. The largest absolute Gasteiger partial charge is 0.545 e. The second-order valence-electron chi connectivity index (χ2n) is 10.5. The van der Waals surface area contributed by atoms with Crippen LogP contribution >= 0.6 is 0 Å². The first-order chi connectivity index (χ1) is 20.0. The van der Waals surface area contributed by atoms with Gasteiger partial charge in [-0.3, -0.25) is 4.85 Å². The molecule has 2 aromatic rings. The van der Waals surface area contributed by atoms with Crippen molar-refractivity contribution in [1.82, 2.24) is 4.58 Å². The van der Waals surface area contributed by atoms with E-state index in [1.165, 1.54) is 30.3 Å². The van der Waals surface area contributed by atoms with Crippen LogP contribution in [0.15, 0.2) is 40.8 Å². The second kappa shape index (κ2) is 9.55. The molecule has 1 aliphatic carbocycles. The third-order valence-corrected chi connectivity index (χ3v) is 7.80. The highest BCUT2D eigenvalue weighted by molar-refractivity contribution is 6.08. The minimum atomic E-state index is -2.54. The van der Waals surface area contributed by atoms with Crippen molar-refractivity contribution in [3.8, 4) is 28.5 Å². The number of nitriles is 1. The third-order valence-electron chi connectivity index (χ3n) is 7.80. The van der Waals surface area contributed by atoms with Gasteiger partial charge < -0.3 is 19.2 Å². The molecule has 2 aromatic carbocycles. The lowest BCUT2D eigenvalue weighted by Crippen LogP contribution is -2.50. The van der Waals surface area contributed by atoms with Gasteiger partial charge in [0.15, 0.2) is 30.8 Å². The number of fused-ring (bicyclic) bond motifs is 2. The van der Waals surface area contributed by atoms with E-state index < -0.39 is 58.0 Å². The molecule has 4 aliphatic rings. The standard InChI is InChI=1S/C30H19F5N4O3/c1-30(13-36,37-2)25-26(33)23(24(29(40)41)27(34)28(25)35)22-18-5-3-16(38-9-14(31)10-38)7-20(18)42-21-8-17(4-6-19(21)22)39-11-15(32)12-39/h3-8,14-15H,9-12H2,1H3. The van der Waals surface area contributed by atoms with E-state index in [9.17, 15) is 23.9 Å². The Morgan fingerprint density at radius 1 is 1.10 bits per heavy atom. The lowest BCUT2D eigenvalue weighted by Gasteiger charge is -2.36. The highest BCUT2D eigenvalue weighted by Crippen LogP contribution is 2.46. The molecule has 0 amide bonds. The summed E-state index contributed by atoms with van der Waals surface area (Å²) < 4.78 is 82.1. The zero-order valence-electron chi connectivity index (χ0n) is 21.9. The van der Waals surface area contributed by atoms with Gasteiger partial charge in [0.1, 0.15) is 28.9 Å². The summed E-state index contributed by atoms with van der Waals surface area (Å²) in [4.78, 5) is 16.9. The number of carbonyl (C=O) groups excluding carboxylic acids is 1. The molecule has 212 valence electrons. The van der Waals surface area contributed by atoms with Gasteiger partial charge >= 0.3 is 5.54 Å². The van der Waals surface area contributed by atoms with Crippen molar-refractivity contribution in [2.75, 3.05) is 31.1 Å². The quantitative estimate of drug-likeness (QED) is 0.121. The van der Waals surface area contributed by atoms with Crippen LogP contribution in [-0.4, -0.2) is 44.5 Å². The van der Waals surface area contributed by atoms with Crippen LogP contribution in [0, 0.1) is 35.4 Å². The molecule has 1 atom stereocenters. The summed E-state index contributed by atoms with van der Waals surface area (Å²) in [7, 11) is 0. The molecular weight excluding hydrogens is 559 g/mol. The molecule has 3 aliphatic heterocycles. The number of aromatic carboxylic acids is 1. The van der Waals surface area contributed by atoms with Crippen LogP contribution in [0.25, 0.3) is 38.3 Å². The van der Waals surface area contributed by atoms with E-state index >= 15 is 13.2 Å². The molecule has 0 saturated carbocycles. The Labute approximate surface area is 235 Å². The Bertz CT molecular complexity index is 1930. The van der Waals surface area contributed by atoms with Crippen molar-refractivity contribution in [2.45, 2.75) is 24.8 Å². The summed E-state index contributed by atoms with van der Waals surface area (Å²) in [5, 5.41) is 22.4. The van der Waals surface area contributed by atoms with E-state index in [4.69, 9.17) is 11.0 Å². The highest BCUT2D eigenvalue weighted by Gasteiger charge is 2.44. The fourth-order valence-electron chi connectivity index (χ4n) is 5.45. The van der Waals surface area contributed by atoms with Crippen molar-refractivity contribution in [3.05, 3.63) is 81.8 Å². The molecule has 0 spiro atoms. The molecule has 6 rings (SSSR count). The van der Waals surface area contributed by atoms with Crippen molar-refractivity contribution in [3.63, 3.8) is 0 Å². The monoisotopic (exact) mass is 578 g/mol. The van der Waals surface area contributed by atoms with Crippen LogP contribution in [0.3, 0.4) is 0 Å². The molecule has 12 heteroatoms. The molecule has 7 nitrogen and oxygen atoms in total. The Hall–Kier alpha value is -4.97. The van der Waals surface area contributed by atoms with Crippen LogP contribution in [-0.2, 0) is 5.54 Å². The van der Waals surface area contributed by atoms with Crippen LogP contribution < -0.4 is 19.9 Å². The number of rotatable bonds is 4. The second-order valence-corrected chi connectivity index (χ2v) is 10.5. The van der Waals surface area contributed by atoms with Crippen LogP contribution in [0.5, 0.6) is 0 Å². The van der Waals surface area contributed by atoms with E-state index in [-0.39, 0.29) is 54.0 Å². The first kappa shape index (κ1) is 27.2. The summed E-state index contributed by atoms with van der Waals surface area (Å²) in [5.74, 6) is -7.77. The van der Waals surface area contributed by atoms with E-state index in [2.05, 4.69) is 4.85 Å². The van der Waals surface area contributed by atoms with Gasteiger partial charge in [0.05, 0.1) is 25.1 Å². The topological polar surface area (TPSA) is 87.7 Å². The predicted molar refractivity (Wildman–Crippen MR) is 139 cm³/mol. The molecular formula is C30H19F5N4O3. The SMILES string of the molecule is [C-]#[N+]C(C)(C#N)c1c(F)c(F)c(C(=O)[O-])c(-c2c3ccc(=[N+]4CC(F)C4)cc-3oc3cc(N4CC(F)C4)ccc23)c1F. The van der Waals surface area contributed by atoms with Gasteiger partial charge in [-0.25, -0.2) is 33.1 Å². The van der Waals surface area contributed by atoms with E-state index in [0.29, 0.717) is 11.0 Å². The molecule has 2 fully saturated rings. The maximum absolute atomic E-state index is 16.5. The van der Waals surface area contributed by atoms with Crippen molar-refractivity contribution >= 4 is 22.6 Å². The van der Waals surface area contributed by atoms with E-state index in [1.807, 2.05) is 0 Å². The van der Waals surface area contributed by atoms with Gasteiger partial charge in [0.2, 0.25) is 11.5 Å². The molecule has 0 radical (unpaired) electrons. The number of carboxylic acid groups (broad SMARTS) is 1. The van der Waals surface area contributed by atoms with E-state index in [0.717, 1.165) is 6.92 Å². The van der Waals surface area contributed by atoms with Crippen LogP contribution in [0.4, 0.5) is 27.6 Å². The maximum atomic E-state index is 16.5. The van der Waals surface area contributed by atoms with Gasteiger partial charge in [-0.1, -0.05) is 0 Å². The maximum Gasteiger partial charge on any atom is 0.343 e. The molecule has 0 N–H and O–H groups in total. The zero-order chi connectivity index (χ0) is 30.1. The minimum Gasteiger partial charge on any atom is -0.545 e. The Kier molecular flexibility index (Phi) is 6.19. The van der Waals surface area contributed by atoms with Crippen molar-refractivity contribution in [2.24, 2.45) is 0 Å². The third kappa shape index (κ3) is 3.97. The number of hydrogen-bond acceptors (Lipinski definition) is 5. The number of anilines is 1. The molecule has 0 aromatic heterocycles. The number of halogens is 5. The van der Waals surface area contributed by atoms with Gasteiger partial charge in [-0.2, -0.15) is 5.26 Å². The van der Waals surface area contributed by atoms with Crippen molar-refractivity contribution < 1.29 is 36.3 Å². The van der Waals surface area contributed by atoms with E-state index in [1.54, 1.807) is 21.6 Å². The first-order valence-corrected chi connectivity index (χ1v) is 12.8. The Balaban J connectivity index is 1.76.